The Morgan fingerprint density at radius 2 is 1.85 bits per heavy atom. The third kappa shape index (κ3) is 4.10. The van der Waals surface area contributed by atoms with Crippen molar-refractivity contribution in [3.8, 4) is 6.07 Å². The number of aliphatic hydroxyl groups is 1. The number of benzene rings is 1. The monoisotopic (exact) mass is 355 g/mol. The van der Waals surface area contributed by atoms with Crippen molar-refractivity contribution in [3.05, 3.63) is 52.3 Å². The number of aryl methyl sites for hydroxylation is 1. The summed E-state index contributed by atoms with van der Waals surface area (Å²) in [6.07, 6.45) is -1.74. The van der Waals surface area contributed by atoms with E-state index in [1.54, 1.807) is 45.0 Å². The van der Waals surface area contributed by atoms with Gasteiger partial charge in [0.1, 0.15) is 5.69 Å². The number of aromatic nitrogens is 1. The number of nitriles is 1. The van der Waals surface area contributed by atoms with Gasteiger partial charge in [0.15, 0.2) is 6.10 Å². The number of H-pyrrole nitrogens is 1. The fraction of sp³-hybridized carbons (Fsp3) is 0.316. The van der Waals surface area contributed by atoms with Gasteiger partial charge in [-0.05, 0) is 57.5 Å². The number of amides is 1. The van der Waals surface area contributed by atoms with Crippen LogP contribution in [0.5, 0.6) is 0 Å². The van der Waals surface area contributed by atoms with Gasteiger partial charge in [-0.15, -0.1) is 0 Å². The first-order valence-corrected chi connectivity index (χ1v) is 8.13. The number of carbonyl (C=O) groups is 2. The largest absolute Gasteiger partial charge is 0.448 e. The minimum absolute atomic E-state index is 0.219. The van der Waals surface area contributed by atoms with Crippen LogP contribution in [0.3, 0.4) is 0 Å². The summed E-state index contributed by atoms with van der Waals surface area (Å²) in [6, 6.07) is 8.34. The molecule has 0 saturated carbocycles. The highest BCUT2D eigenvalue weighted by Gasteiger charge is 2.24. The minimum Gasteiger partial charge on any atom is -0.448 e. The van der Waals surface area contributed by atoms with Crippen LogP contribution >= 0.6 is 0 Å². The van der Waals surface area contributed by atoms with Gasteiger partial charge in [0.05, 0.1) is 17.7 Å². The molecule has 1 aromatic heterocycles. The van der Waals surface area contributed by atoms with Crippen LogP contribution in [0, 0.1) is 25.2 Å². The molecule has 0 fully saturated rings. The fourth-order valence-electron chi connectivity index (χ4n) is 2.74. The Bertz CT molecular complexity index is 860. The van der Waals surface area contributed by atoms with Crippen LogP contribution in [0.2, 0.25) is 0 Å². The van der Waals surface area contributed by atoms with Crippen molar-refractivity contribution in [3.63, 3.8) is 0 Å². The molecule has 0 aliphatic rings. The number of hydrogen-bond acceptors (Lipinski definition) is 5. The summed E-state index contributed by atoms with van der Waals surface area (Å²) >= 11 is 0. The van der Waals surface area contributed by atoms with Crippen LogP contribution < -0.4 is 5.32 Å². The average Bonchev–Trinajstić information content (AvgIpc) is 2.90. The maximum Gasteiger partial charge on any atom is 0.355 e. The predicted octanol–water partition coefficient (Wildman–Crippen LogP) is 2.74. The number of aliphatic hydroxyl groups excluding tert-OH is 1. The smallest absolute Gasteiger partial charge is 0.355 e. The van der Waals surface area contributed by atoms with Gasteiger partial charge in [-0.25, -0.2) is 4.79 Å². The lowest BCUT2D eigenvalue weighted by molar-refractivity contribution is -0.123. The van der Waals surface area contributed by atoms with E-state index >= 15 is 0 Å². The second-order valence-corrected chi connectivity index (χ2v) is 6.07. The van der Waals surface area contributed by atoms with E-state index in [4.69, 9.17) is 10.00 Å². The lowest BCUT2D eigenvalue weighted by Gasteiger charge is -2.13. The molecule has 1 heterocycles. The van der Waals surface area contributed by atoms with Crippen molar-refractivity contribution >= 4 is 17.6 Å². The van der Waals surface area contributed by atoms with Crippen LogP contribution in [0.25, 0.3) is 0 Å². The third-order valence-corrected chi connectivity index (χ3v) is 4.05. The Labute approximate surface area is 151 Å². The maximum atomic E-state index is 12.4. The average molecular weight is 355 g/mol. The number of ether oxygens (including phenoxy) is 1. The van der Waals surface area contributed by atoms with Crippen LogP contribution in [-0.2, 0) is 9.53 Å². The summed E-state index contributed by atoms with van der Waals surface area (Å²) in [5.74, 6) is -1.15. The first-order chi connectivity index (χ1) is 12.2. The molecule has 26 heavy (non-hydrogen) atoms. The molecule has 2 atom stereocenters. The minimum atomic E-state index is -1.02. The standard InChI is InChI=1S/C19H21N3O4/c1-10-16(12(3)23)11(2)21-17(10)19(25)26-13(4)18(24)22-15-7-5-14(9-20)6-8-15/h5-8,12-13,21,23H,1-4H3,(H,22,24)/t12-,13+/m1/s1. The fourth-order valence-corrected chi connectivity index (χ4v) is 2.74. The first kappa shape index (κ1) is 19.2. The molecule has 7 heteroatoms. The molecule has 0 unspecified atom stereocenters. The van der Waals surface area contributed by atoms with Gasteiger partial charge in [0.25, 0.3) is 5.91 Å². The molecule has 1 aromatic carbocycles. The summed E-state index contributed by atoms with van der Waals surface area (Å²) in [7, 11) is 0. The Hall–Kier alpha value is -3.11. The van der Waals surface area contributed by atoms with E-state index in [0.29, 0.717) is 28.1 Å². The summed E-state index contributed by atoms with van der Waals surface area (Å²) in [5.41, 5.74) is 3.12. The summed E-state index contributed by atoms with van der Waals surface area (Å²) < 4.78 is 5.23. The van der Waals surface area contributed by atoms with E-state index in [9.17, 15) is 14.7 Å². The van der Waals surface area contributed by atoms with Gasteiger partial charge in [-0.1, -0.05) is 0 Å². The van der Waals surface area contributed by atoms with Crippen LogP contribution in [0.4, 0.5) is 5.69 Å². The van der Waals surface area contributed by atoms with E-state index in [2.05, 4.69) is 10.3 Å². The van der Waals surface area contributed by atoms with Crippen LogP contribution in [0.15, 0.2) is 24.3 Å². The lowest BCUT2D eigenvalue weighted by atomic mass is 10.1. The molecule has 0 radical (unpaired) electrons. The van der Waals surface area contributed by atoms with Crippen molar-refractivity contribution < 1.29 is 19.4 Å². The van der Waals surface area contributed by atoms with Gasteiger partial charge in [-0.2, -0.15) is 5.26 Å². The van der Waals surface area contributed by atoms with Crippen LogP contribution in [-0.4, -0.2) is 28.1 Å². The van der Waals surface area contributed by atoms with Crippen LogP contribution in [0.1, 0.15) is 52.8 Å². The zero-order valence-electron chi connectivity index (χ0n) is 15.1. The molecule has 2 rings (SSSR count). The summed E-state index contributed by atoms with van der Waals surface area (Å²) in [4.78, 5) is 27.5. The van der Waals surface area contributed by atoms with Gasteiger partial charge < -0.3 is 20.1 Å². The molecule has 0 aliphatic carbocycles. The van der Waals surface area contributed by atoms with Crippen molar-refractivity contribution in [2.24, 2.45) is 0 Å². The molecule has 0 bridgehead atoms. The zero-order chi connectivity index (χ0) is 19.4. The van der Waals surface area contributed by atoms with E-state index in [1.165, 1.54) is 6.92 Å². The number of nitrogens with one attached hydrogen (secondary N) is 2. The highest BCUT2D eigenvalue weighted by atomic mass is 16.5. The lowest BCUT2D eigenvalue weighted by Crippen LogP contribution is -2.30. The van der Waals surface area contributed by atoms with Gasteiger partial charge in [-0.3, -0.25) is 4.79 Å². The van der Waals surface area contributed by atoms with Crippen molar-refractivity contribution in [2.75, 3.05) is 5.32 Å². The molecular weight excluding hydrogens is 334 g/mol. The van der Waals surface area contributed by atoms with Crippen molar-refractivity contribution in [1.29, 1.82) is 5.26 Å². The topological polar surface area (TPSA) is 115 Å². The number of carbonyl (C=O) groups excluding carboxylic acids is 2. The molecule has 0 aliphatic heterocycles. The number of hydrogen-bond donors (Lipinski definition) is 3. The Balaban J connectivity index is 2.05. The number of anilines is 1. The summed E-state index contributed by atoms with van der Waals surface area (Å²) in [6.45, 7) is 6.56. The summed E-state index contributed by atoms with van der Waals surface area (Å²) in [5, 5.41) is 21.2. The molecule has 136 valence electrons. The molecular formula is C19H21N3O4. The predicted molar refractivity (Wildman–Crippen MR) is 95.6 cm³/mol. The Morgan fingerprint density at radius 1 is 1.23 bits per heavy atom. The molecule has 3 N–H and O–H groups in total. The Kier molecular flexibility index (Phi) is 5.80. The van der Waals surface area contributed by atoms with E-state index in [0.717, 1.165) is 0 Å². The Morgan fingerprint density at radius 3 is 2.35 bits per heavy atom. The van der Waals surface area contributed by atoms with Gasteiger partial charge in [0.2, 0.25) is 0 Å². The zero-order valence-corrected chi connectivity index (χ0v) is 15.1. The molecule has 1 amide bonds. The van der Waals surface area contributed by atoms with Crippen molar-refractivity contribution in [2.45, 2.75) is 39.9 Å². The van der Waals surface area contributed by atoms with E-state index in [-0.39, 0.29) is 5.69 Å². The molecule has 0 saturated heterocycles. The first-order valence-electron chi connectivity index (χ1n) is 8.13. The maximum absolute atomic E-state index is 12.4. The van der Waals surface area contributed by atoms with Gasteiger partial charge >= 0.3 is 5.97 Å². The normalized spacial score (nSPS) is 12.8. The quantitative estimate of drug-likeness (QED) is 0.713. The second-order valence-electron chi connectivity index (χ2n) is 6.07. The molecule has 7 nitrogen and oxygen atoms in total. The van der Waals surface area contributed by atoms with Gasteiger partial charge in [0, 0.05) is 16.9 Å². The van der Waals surface area contributed by atoms with Crippen molar-refractivity contribution in [1.82, 2.24) is 4.98 Å². The number of nitrogens with zero attached hydrogens (tertiary/aromatic N) is 1. The highest BCUT2D eigenvalue weighted by Crippen LogP contribution is 2.25. The molecule has 0 spiro atoms. The number of rotatable bonds is 5. The SMILES string of the molecule is Cc1[nH]c(C(=O)O[C@@H](C)C(=O)Nc2ccc(C#N)cc2)c(C)c1[C@@H](C)O. The molecule has 2 aromatic rings. The van der Waals surface area contributed by atoms with E-state index < -0.39 is 24.1 Å². The second kappa shape index (κ2) is 7.85. The third-order valence-electron chi connectivity index (χ3n) is 4.05. The highest BCUT2D eigenvalue weighted by molar-refractivity contribution is 5.97. The number of esters is 1. The van der Waals surface area contributed by atoms with E-state index in [1.807, 2.05) is 6.07 Å². The number of aromatic amines is 1.